The molecule has 0 bridgehead atoms. The van der Waals surface area contributed by atoms with Gasteiger partial charge in [-0.1, -0.05) is 0 Å². The van der Waals surface area contributed by atoms with Crippen LogP contribution in [0.2, 0.25) is 0 Å². The topological polar surface area (TPSA) is 66.4 Å². The van der Waals surface area contributed by atoms with E-state index in [9.17, 15) is 4.79 Å². The third kappa shape index (κ3) is 3.96. The van der Waals surface area contributed by atoms with Crippen molar-refractivity contribution in [2.24, 2.45) is 4.99 Å². The number of benzene rings is 2. The number of hydrogen-bond donors (Lipinski definition) is 0. The Bertz CT molecular complexity index is 971. The van der Waals surface area contributed by atoms with Crippen molar-refractivity contribution in [2.45, 2.75) is 0 Å². The summed E-state index contributed by atoms with van der Waals surface area (Å²) in [5, 5.41) is 0. The minimum Gasteiger partial charge on any atom is -0.493 e. The number of carbonyl (C=O) groups is 1. The highest BCUT2D eigenvalue weighted by Gasteiger charge is 2.25. The molecule has 3 rings (SSSR count). The number of aliphatic imine (C=N–C) groups is 1. The SMILES string of the molecule is COc1ccc(/C=C2\N=C(c3ccc(I)c(Br)c3)OC2=O)c(OC)c1OC. The van der Waals surface area contributed by atoms with E-state index in [-0.39, 0.29) is 11.6 Å². The highest BCUT2D eigenvalue weighted by Crippen LogP contribution is 2.41. The van der Waals surface area contributed by atoms with E-state index in [1.54, 1.807) is 25.3 Å². The Labute approximate surface area is 178 Å². The van der Waals surface area contributed by atoms with Crippen LogP contribution in [0, 0.1) is 3.57 Å². The quantitative estimate of drug-likeness (QED) is 0.317. The fourth-order valence-corrected chi connectivity index (χ4v) is 3.26. The summed E-state index contributed by atoms with van der Waals surface area (Å²) in [7, 11) is 4.58. The number of ether oxygens (including phenoxy) is 4. The molecule has 0 unspecified atom stereocenters. The predicted octanol–water partition coefficient (Wildman–Crippen LogP) is 4.42. The second kappa shape index (κ2) is 8.30. The van der Waals surface area contributed by atoms with Crippen molar-refractivity contribution < 1.29 is 23.7 Å². The first-order chi connectivity index (χ1) is 13.0. The summed E-state index contributed by atoms with van der Waals surface area (Å²) < 4.78 is 23.4. The monoisotopic (exact) mass is 543 g/mol. The Balaban J connectivity index is 2.03. The van der Waals surface area contributed by atoms with E-state index >= 15 is 0 Å². The van der Waals surface area contributed by atoms with Crippen LogP contribution in [0.5, 0.6) is 17.2 Å². The molecular weight excluding hydrogens is 529 g/mol. The summed E-state index contributed by atoms with van der Waals surface area (Å²) in [5.74, 6) is 1.13. The smallest absolute Gasteiger partial charge is 0.363 e. The number of esters is 1. The maximum Gasteiger partial charge on any atom is 0.363 e. The van der Waals surface area contributed by atoms with Gasteiger partial charge >= 0.3 is 5.97 Å². The summed E-state index contributed by atoms with van der Waals surface area (Å²) in [6.07, 6.45) is 1.60. The first-order valence-electron chi connectivity index (χ1n) is 7.75. The third-order valence-corrected chi connectivity index (χ3v) is 6.15. The molecular formula is C19H15BrINO5. The van der Waals surface area contributed by atoms with Gasteiger partial charge in [0.2, 0.25) is 11.6 Å². The van der Waals surface area contributed by atoms with Gasteiger partial charge in [0.1, 0.15) is 0 Å². The summed E-state index contributed by atoms with van der Waals surface area (Å²) in [5.41, 5.74) is 1.50. The van der Waals surface area contributed by atoms with Gasteiger partial charge in [-0.15, -0.1) is 0 Å². The van der Waals surface area contributed by atoms with Crippen LogP contribution in [0.4, 0.5) is 0 Å². The second-order valence-electron chi connectivity index (χ2n) is 5.39. The summed E-state index contributed by atoms with van der Waals surface area (Å²) in [6, 6.07) is 9.10. The van der Waals surface area contributed by atoms with E-state index in [1.807, 2.05) is 18.2 Å². The van der Waals surface area contributed by atoms with Crippen molar-refractivity contribution in [3.63, 3.8) is 0 Å². The zero-order chi connectivity index (χ0) is 19.6. The van der Waals surface area contributed by atoms with Crippen LogP contribution in [0.15, 0.2) is 45.5 Å². The summed E-state index contributed by atoms with van der Waals surface area (Å²) in [4.78, 5) is 16.6. The third-order valence-electron chi connectivity index (χ3n) is 3.81. The van der Waals surface area contributed by atoms with Gasteiger partial charge in [0, 0.05) is 19.2 Å². The molecule has 0 atom stereocenters. The lowest BCUT2D eigenvalue weighted by atomic mass is 10.1. The number of cyclic esters (lactones) is 1. The molecule has 1 heterocycles. The van der Waals surface area contributed by atoms with Gasteiger partial charge < -0.3 is 18.9 Å². The van der Waals surface area contributed by atoms with Gasteiger partial charge in [0.15, 0.2) is 17.2 Å². The molecule has 0 aromatic heterocycles. The lowest BCUT2D eigenvalue weighted by Crippen LogP contribution is -2.05. The fourth-order valence-electron chi connectivity index (χ4n) is 2.55. The molecule has 6 nitrogen and oxygen atoms in total. The van der Waals surface area contributed by atoms with Crippen LogP contribution in [0.3, 0.4) is 0 Å². The minimum atomic E-state index is -0.531. The highest BCUT2D eigenvalue weighted by atomic mass is 127. The van der Waals surface area contributed by atoms with Gasteiger partial charge in [-0.25, -0.2) is 9.79 Å². The van der Waals surface area contributed by atoms with Crippen LogP contribution in [-0.2, 0) is 9.53 Å². The lowest BCUT2D eigenvalue weighted by Gasteiger charge is -2.14. The van der Waals surface area contributed by atoms with E-state index in [2.05, 4.69) is 43.5 Å². The summed E-state index contributed by atoms with van der Waals surface area (Å²) >= 11 is 5.67. The molecule has 140 valence electrons. The lowest BCUT2D eigenvalue weighted by molar-refractivity contribution is -0.129. The van der Waals surface area contributed by atoms with Crippen molar-refractivity contribution in [3.05, 3.63) is 55.2 Å². The van der Waals surface area contributed by atoms with Gasteiger partial charge in [0.25, 0.3) is 0 Å². The fraction of sp³-hybridized carbons (Fsp3) is 0.158. The Morgan fingerprint density at radius 3 is 2.44 bits per heavy atom. The Morgan fingerprint density at radius 1 is 1.07 bits per heavy atom. The molecule has 1 aliphatic rings. The standard InChI is InChI=1S/C19H15BrINO5/c1-24-15-7-5-10(16(25-2)17(15)26-3)9-14-19(23)27-18(22-14)11-4-6-13(21)12(20)8-11/h4-9H,1-3H3/b14-9-. The molecule has 0 saturated carbocycles. The maximum absolute atomic E-state index is 12.3. The number of rotatable bonds is 5. The van der Waals surface area contributed by atoms with Crippen molar-refractivity contribution in [3.8, 4) is 17.2 Å². The van der Waals surface area contributed by atoms with Crippen molar-refractivity contribution in [2.75, 3.05) is 21.3 Å². The van der Waals surface area contributed by atoms with E-state index < -0.39 is 5.97 Å². The van der Waals surface area contributed by atoms with Crippen molar-refractivity contribution >= 4 is 56.5 Å². The molecule has 0 radical (unpaired) electrons. The van der Waals surface area contributed by atoms with Crippen LogP contribution >= 0.6 is 38.5 Å². The van der Waals surface area contributed by atoms with Crippen molar-refractivity contribution in [1.82, 2.24) is 0 Å². The number of methoxy groups -OCH3 is 3. The zero-order valence-electron chi connectivity index (χ0n) is 14.7. The van der Waals surface area contributed by atoms with Crippen LogP contribution in [0.25, 0.3) is 6.08 Å². The first-order valence-corrected chi connectivity index (χ1v) is 9.62. The number of halogens is 2. The van der Waals surface area contributed by atoms with E-state index in [0.29, 0.717) is 28.4 Å². The molecule has 27 heavy (non-hydrogen) atoms. The molecule has 2 aromatic carbocycles. The average molecular weight is 544 g/mol. The molecule has 1 aliphatic heterocycles. The van der Waals surface area contributed by atoms with Gasteiger partial charge in [0.05, 0.1) is 21.3 Å². The van der Waals surface area contributed by atoms with Crippen LogP contribution in [0.1, 0.15) is 11.1 Å². The highest BCUT2D eigenvalue weighted by molar-refractivity contribution is 14.1. The average Bonchev–Trinajstić information content (AvgIpc) is 3.03. The number of nitrogens with zero attached hydrogens (tertiary/aromatic N) is 1. The van der Waals surface area contributed by atoms with Gasteiger partial charge in [-0.05, 0) is 74.9 Å². The zero-order valence-corrected chi connectivity index (χ0v) is 18.5. The van der Waals surface area contributed by atoms with Gasteiger partial charge in [-0.2, -0.15) is 0 Å². The molecule has 0 fully saturated rings. The number of hydrogen-bond acceptors (Lipinski definition) is 6. The number of carbonyl (C=O) groups excluding carboxylic acids is 1. The predicted molar refractivity (Wildman–Crippen MR) is 114 cm³/mol. The second-order valence-corrected chi connectivity index (χ2v) is 7.41. The van der Waals surface area contributed by atoms with Gasteiger partial charge in [-0.3, -0.25) is 0 Å². The summed E-state index contributed by atoms with van der Waals surface area (Å²) in [6.45, 7) is 0. The molecule has 0 saturated heterocycles. The maximum atomic E-state index is 12.3. The Hall–Kier alpha value is -2.07. The molecule has 0 spiro atoms. The van der Waals surface area contributed by atoms with Crippen molar-refractivity contribution in [1.29, 1.82) is 0 Å². The Kier molecular flexibility index (Phi) is 6.05. The molecule has 0 aliphatic carbocycles. The molecule has 0 N–H and O–H groups in total. The largest absolute Gasteiger partial charge is 0.493 e. The van der Waals surface area contributed by atoms with E-state index in [0.717, 1.165) is 8.04 Å². The normalized spacial score (nSPS) is 14.8. The molecule has 2 aromatic rings. The van der Waals surface area contributed by atoms with Crippen LogP contribution in [-0.4, -0.2) is 33.2 Å². The van der Waals surface area contributed by atoms with E-state index in [4.69, 9.17) is 18.9 Å². The van der Waals surface area contributed by atoms with E-state index in [1.165, 1.54) is 14.2 Å². The minimum absolute atomic E-state index is 0.171. The van der Waals surface area contributed by atoms with Crippen LogP contribution < -0.4 is 14.2 Å². The first kappa shape index (κ1) is 19.7. The Morgan fingerprint density at radius 2 is 1.81 bits per heavy atom. The molecule has 8 heteroatoms. The molecule has 0 amide bonds.